The number of carbonyl (C=O) groups excluding carboxylic acids is 1. The van der Waals surface area contributed by atoms with Gasteiger partial charge in [-0.05, 0) is 52.1 Å². The third-order valence-electron chi connectivity index (χ3n) is 5.31. The second kappa shape index (κ2) is 6.41. The molecule has 2 aliphatic heterocycles. The SMILES string of the molecule is CCc1noc(C)c1C(=O)N1CCCC1C1CCCN1CC. The van der Waals surface area contributed by atoms with Crippen molar-refractivity contribution in [1.82, 2.24) is 15.0 Å². The fourth-order valence-corrected chi connectivity index (χ4v) is 4.20. The minimum atomic E-state index is 0.126. The molecule has 0 N–H and O–H groups in total. The number of aromatic nitrogens is 1. The first kappa shape index (κ1) is 15.5. The van der Waals surface area contributed by atoms with Crippen LogP contribution >= 0.6 is 0 Å². The van der Waals surface area contributed by atoms with Crippen LogP contribution in [0.25, 0.3) is 0 Å². The highest BCUT2D eigenvalue weighted by Crippen LogP contribution is 2.31. The Bertz CT molecular complexity index is 540. The lowest BCUT2D eigenvalue weighted by atomic mass is 10.0. The summed E-state index contributed by atoms with van der Waals surface area (Å²) in [6.45, 7) is 9.20. The molecule has 122 valence electrons. The lowest BCUT2D eigenvalue weighted by Gasteiger charge is -2.34. The van der Waals surface area contributed by atoms with Gasteiger partial charge in [0.05, 0.1) is 5.69 Å². The van der Waals surface area contributed by atoms with Crippen molar-refractivity contribution in [3.63, 3.8) is 0 Å². The molecule has 2 fully saturated rings. The molecule has 5 heteroatoms. The first-order valence-corrected chi connectivity index (χ1v) is 8.67. The second-order valence-electron chi connectivity index (χ2n) is 6.46. The van der Waals surface area contributed by atoms with Crippen LogP contribution in [0.1, 0.15) is 61.3 Å². The lowest BCUT2D eigenvalue weighted by Crippen LogP contribution is -2.48. The number of hydrogen-bond donors (Lipinski definition) is 0. The third-order valence-corrected chi connectivity index (χ3v) is 5.31. The van der Waals surface area contributed by atoms with E-state index in [9.17, 15) is 4.79 Å². The monoisotopic (exact) mass is 305 g/mol. The molecule has 2 aliphatic rings. The summed E-state index contributed by atoms with van der Waals surface area (Å²) in [6.07, 6.45) is 5.44. The summed E-state index contributed by atoms with van der Waals surface area (Å²) in [5.41, 5.74) is 1.50. The van der Waals surface area contributed by atoms with E-state index in [0.717, 1.165) is 38.0 Å². The molecule has 1 aromatic heterocycles. The van der Waals surface area contributed by atoms with E-state index >= 15 is 0 Å². The molecule has 0 saturated carbocycles. The molecule has 0 bridgehead atoms. The van der Waals surface area contributed by atoms with Crippen LogP contribution in [0.2, 0.25) is 0 Å². The Hall–Kier alpha value is -1.36. The van der Waals surface area contributed by atoms with Crippen molar-refractivity contribution < 1.29 is 9.32 Å². The highest BCUT2D eigenvalue weighted by atomic mass is 16.5. The lowest BCUT2D eigenvalue weighted by molar-refractivity contribution is 0.0647. The number of aryl methyl sites for hydroxylation is 2. The summed E-state index contributed by atoms with van der Waals surface area (Å²) >= 11 is 0. The van der Waals surface area contributed by atoms with Gasteiger partial charge in [0.25, 0.3) is 5.91 Å². The highest BCUT2D eigenvalue weighted by molar-refractivity contribution is 5.96. The van der Waals surface area contributed by atoms with Gasteiger partial charge in [0.1, 0.15) is 11.3 Å². The largest absolute Gasteiger partial charge is 0.361 e. The number of hydrogen-bond acceptors (Lipinski definition) is 4. The molecule has 0 spiro atoms. The number of nitrogens with zero attached hydrogens (tertiary/aromatic N) is 3. The molecule has 3 heterocycles. The normalized spacial score (nSPS) is 26.0. The summed E-state index contributed by atoms with van der Waals surface area (Å²) in [4.78, 5) is 17.7. The van der Waals surface area contributed by atoms with E-state index in [1.54, 1.807) is 0 Å². The second-order valence-corrected chi connectivity index (χ2v) is 6.46. The van der Waals surface area contributed by atoms with Gasteiger partial charge in [-0.3, -0.25) is 9.69 Å². The van der Waals surface area contributed by atoms with Crippen molar-refractivity contribution >= 4 is 5.91 Å². The summed E-state index contributed by atoms with van der Waals surface area (Å²) in [6, 6.07) is 0.885. The van der Waals surface area contributed by atoms with E-state index in [4.69, 9.17) is 4.52 Å². The maximum absolute atomic E-state index is 13.1. The van der Waals surface area contributed by atoms with Crippen LogP contribution in [0.3, 0.4) is 0 Å². The minimum Gasteiger partial charge on any atom is -0.361 e. The number of amides is 1. The van der Waals surface area contributed by atoms with Gasteiger partial charge >= 0.3 is 0 Å². The molecular formula is C17H27N3O2. The van der Waals surface area contributed by atoms with Gasteiger partial charge in [-0.2, -0.15) is 0 Å². The molecule has 0 radical (unpaired) electrons. The third kappa shape index (κ3) is 2.56. The predicted molar refractivity (Wildman–Crippen MR) is 84.9 cm³/mol. The van der Waals surface area contributed by atoms with Crippen molar-refractivity contribution in [2.45, 2.75) is 65.0 Å². The maximum atomic E-state index is 13.1. The summed E-state index contributed by atoms with van der Waals surface area (Å²) in [5.74, 6) is 0.785. The van der Waals surface area contributed by atoms with Gasteiger partial charge in [-0.25, -0.2) is 0 Å². The van der Waals surface area contributed by atoms with E-state index < -0.39 is 0 Å². The summed E-state index contributed by atoms with van der Waals surface area (Å²) in [5, 5.41) is 4.05. The zero-order valence-corrected chi connectivity index (χ0v) is 14.0. The topological polar surface area (TPSA) is 49.6 Å². The van der Waals surface area contributed by atoms with Crippen LogP contribution in [-0.4, -0.2) is 52.6 Å². The molecule has 3 rings (SSSR count). The van der Waals surface area contributed by atoms with E-state index in [-0.39, 0.29) is 5.91 Å². The van der Waals surface area contributed by atoms with E-state index in [1.807, 2.05) is 13.8 Å². The van der Waals surface area contributed by atoms with Crippen molar-refractivity contribution in [2.24, 2.45) is 0 Å². The smallest absolute Gasteiger partial charge is 0.259 e. The van der Waals surface area contributed by atoms with Crippen molar-refractivity contribution in [3.05, 3.63) is 17.0 Å². The molecule has 1 amide bonds. The quantitative estimate of drug-likeness (QED) is 0.858. The fraction of sp³-hybridized carbons (Fsp3) is 0.765. The van der Waals surface area contributed by atoms with Crippen LogP contribution in [0.15, 0.2) is 4.52 Å². The van der Waals surface area contributed by atoms with E-state index in [0.29, 0.717) is 23.4 Å². The van der Waals surface area contributed by atoms with Crippen molar-refractivity contribution in [3.8, 4) is 0 Å². The Morgan fingerprint density at radius 3 is 2.68 bits per heavy atom. The molecule has 1 aromatic rings. The fourth-order valence-electron chi connectivity index (χ4n) is 4.20. The van der Waals surface area contributed by atoms with Gasteiger partial charge in [-0.15, -0.1) is 0 Å². The number of likely N-dealkylation sites (tertiary alicyclic amines) is 2. The number of rotatable bonds is 4. The molecule has 5 nitrogen and oxygen atoms in total. The van der Waals surface area contributed by atoms with Crippen molar-refractivity contribution in [2.75, 3.05) is 19.6 Å². The Balaban J connectivity index is 1.83. The zero-order chi connectivity index (χ0) is 15.7. The molecule has 2 unspecified atom stereocenters. The van der Waals surface area contributed by atoms with Crippen LogP contribution in [0.4, 0.5) is 0 Å². The molecule has 2 saturated heterocycles. The molecule has 0 aromatic carbocycles. The molecule has 2 atom stereocenters. The minimum absolute atomic E-state index is 0.126. The van der Waals surface area contributed by atoms with Gasteiger partial charge in [0.15, 0.2) is 0 Å². The highest BCUT2D eigenvalue weighted by Gasteiger charge is 2.40. The number of likely N-dealkylation sites (N-methyl/N-ethyl adjacent to an activating group) is 1. The maximum Gasteiger partial charge on any atom is 0.259 e. The molecule has 22 heavy (non-hydrogen) atoms. The number of carbonyl (C=O) groups is 1. The summed E-state index contributed by atoms with van der Waals surface area (Å²) in [7, 11) is 0. The molecular weight excluding hydrogens is 278 g/mol. The van der Waals surface area contributed by atoms with E-state index in [2.05, 4.69) is 21.9 Å². The first-order valence-electron chi connectivity index (χ1n) is 8.67. The van der Waals surface area contributed by atoms with Crippen LogP contribution in [0, 0.1) is 6.92 Å². The van der Waals surface area contributed by atoms with Crippen LogP contribution in [-0.2, 0) is 6.42 Å². The Morgan fingerprint density at radius 2 is 1.95 bits per heavy atom. The van der Waals surface area contributed by atoms with Gasteiger partial charge in [-0.1, -0.05) is 19.0 Å². The predicted octanol–water partition coefficient (Wildman–Crippen LogP) is 2.63. The van der Waals surface area contributed by atoms with Crippen molar-refractivity contribution in [1.29, 1.82) is 0 Å². The average molecular weight is 305 g/mol. The summed E-state index contributed by atoms with van der Waals surface area (Å²) < 4.78 is 5.26. The first-order chi connectivity index (χ1) is 10.7. The van der Waals surface area contributed by atoms with Crippen LogP contribution < -0.4 is 0 Å². The van der Waals surface area contributed by atoms with E-state index in [1.165, 1.54) is 19.4 Å². The molecule has 0 aliphatic carbocycles. The standard InChI is InChI=1S/C17H27N3O2/c1-4-13-16(12(3)22-18-13)17(21)20-11-7-9-15(20)14-8-6-10-19(14)5-2/h14-15H,4-11H2,1-3H3. The van der Waals surface area contributed by atoms with Crippen LogP contribution in [0.5, 0.6) is 0 Å². The Morgan fingerprint density at radius 1 is 1.23 bits per heavy atom. The van der Waals surface area contributed by atoms with Gasteiger partial charge in [0, 0.05) is 18.6 Å². The van der Waals surface area contributed by atoms with Gasteiger partial charge in [0.2, 0.25) is 0 Å². The Labute approximate surface area is 132 Å². The van der Waals surface area contributed by atoms with Gasteiger partial charge < -0.3 is 9.42 Å². The average Bonchev–Trinajstić information content (AvgIpc) is 3.24. The zero-order valence-electron chi connectivity index (χ0n) is 14.0. The Kier molecular flexibility index (Phi) is 4.52.